The van der Waals surface area contributed by atoms with Crippen molar-refractivity contribution in [2.45, 2.75) is 39.4 Å². The Balaban J connectivity index is 0.00000529. The van der Waals surface area contributed by atoms with Crippen LogP contribution in [0.25, 0.3) is 0 Å². The fourth-order valence-electron chi connectivity index (χ4n) is 2.30. The van der Waals surface area contributed by atoms with E-state index in [-0.39, 0.29) is 41.6 Å². The number of hydrogen-bond donors (Lipinski definition) is 2. The highest BCUT2D eigenvalue weighted by molar-refractivity contribution is 14.0. The van der Waals surface area contributed by atoms with Crippen LogP contribution in [-0.2, 0) is 14.6 Å². The zero-order valence-corrected chi connectivity index (χ0v) is 18.4. The third-order valence-corrected chi connectivity index (χ3v) is 6.41. The summed E-state index contributed by atoms with van der Waals surface area (Å²) in [5, 5.41) is 6.02. The number of amides is 1. The zero-order chi connectivity index (χ0) is 17.7. The van der Waals surface area contributed by atoms with E-state index in [9.17, 15) is 13.2 Å². The first kappa shape index (κ1) is 23.4. The maximum Gasteiger partial charge on any atom is 0.222 e. The van der Waals surface area contributed by atoms with Crippen molar-refractivity contribution in [2.24, 2.45) is 10.9 Å². The fraction of sp³-hybridized carbons (Fsp3) is 0.867. The minimum Gasteiger partial charge on any atom is -0.357 e. The molecule has 9 heteroatoms. The topological polar surface area (TPSA) is 90.9 Å². The summed E-state index contributed by atoms with van der Waals surface area (Å²) in [5.74, 6) is 0.805. The molecule has 0 saturated carbocycles. The monoisotopic (exact) mass is 474 g/mol. The van der Waals surface area contributed by atoms with Gasteiger partial charge in [0.25, 0.3) is 0 Å². The van der Waals surface area contributed by atoms with Gasteiger partial charge in [-0.05, 0) is 20.8 Å². The van der Waals surface area contributed by atoms with Crippen LogP contribution in [0.2, 0.25) is 0 Å². The van der Waals surface area contributed by atoms with Crippen LogP contribution in [0.15, 0.2) is 4.99 Å². The Morgan fingerprint density at radius 2 is 1.92 bits per heavy atom. The minimum atomic E-state index is -3.07. The lowest BCUT2D eigenvalue weighted by Gasteiger charge is -2.39. The molecule has 24 heavy (non-hydrogen) atoms. The number of aliphatic imine (C=N–C) groups is 1. The first-order valence-corrected chi connectivity index (χ1v) is 9.79. The highest BCUT2D eigenvalue weighted by Crippen LogP contribution is 2.23. The molecule has 1 aliphatic rings. The molecule has 0 radical (unpaired) electrons. The molecular weight excluding hydrogens is 443 g/mol. The second-order valence-electron chi connectivity index (χ2n) is 6.68. The molecule has 7 nitrogen and oxygen atoms in total. The Morgan fingerprint density at radius 1 is 1.29 bits per heavy atom. The predicted octanol–water partition coefficient (Wildman–Crippen LogP) is 0.851. The number of hydrogen-bond acceptors (Lipinski definition) is 4. The van der Waals surface area contributed by atoms with E-state index in [1.54, 1.807) is 13.8 Å². The summed E-state index contributed by atoms with van der Waals surface area (Å²) >= 11 is 0. The Bertz CT molecular complexity index is 547. The standard InChI is InChI=1S/C15H30N4O3S.HI/c1-6-16-14(18-8-7-17-13(20)12(2)3)19-9-10-23(21,22)15(4,5)11-19;/h12H,6-11H2,1-5H3,(H,16,18)(H,17,20);1H. The smallest absolute Gasteiger partial charge is 0.222 e. The summed E-state index contributed by atoms with van der Waals surface area (Å²) < 4.78 is 23.4. The van der Waals surface area contributed by atoms with E-state index in [0.29, 0.717) is 38.7 Å². The van der Waals surface area contributed by atoms with Crippen molar-refractivity contribution < 1.29 is 13.2 Å². The number of carbonyl (C=O) groups excluding carboxylic acids is 1. The van der Waals surface area contributed by atoms with Crippen molar-refractivity contribution in [1.82, 2.24) is 15.5 Å². The minimum absolute atomic E-state index is 0. The van der Waals surface area contributed by atoms with Crippen LogP contribution in [-0.4, -0.2) is 68.4 Å². The predicted molar refractivity (Wildman–Crippen MR) is 109 cm³/mol. The third-order valence-electron chi connectivity index (χ3n) is 3.87. The highest BCUT2D eigenvalue weighted by Gasteiger charge is 2.40. The normalized spacial score (nSPS) is 19.6. The Kier molecular flexibility index (Phi) is 9.55. The summed E-state index contributed by atoms with van der Waals surface area (Å²) in [6, 6.07) is 0. The van der Waals surface area contributed by atoms with Gasteiger partial charge in [-0.1, -0.05) is 13.8 Å². The molecule has 0 aromatic rings. The van der Waals surface area contributed by atoms with E-state index < -0.39 is 14.6 Å². The van der Waals surface area contributed by atoms with Crippen LogP contribution in [0.5, 0.6) is 0 Å². The van der Waals surface area contributed by atoms with Crippen molar-refractivity contribution in [3.63, 3.8) is 0 Å². The van der Waals surface area contributed by atoms with Gasteiger partial charge in [0.1, 0.15) is 0 Å². The van der Waals surface area contributed by atoms with Gasteiger partial charge < -0.3 is 15.5 Å². The second-order valence-corrected chi connectivity index (χ2v) is 9.42. The average molecular weight is 474 g/mol. The summed E-state index contributed by atoms with van der Waals surface area (Å²) in [5.41, 5.74) is 0. The molecule has 0 aromatic carbocycles. The first-order valence-electron chi connectivity index (χ1n) is 8.14. The van der Waals surface area contributed by atoms with Gasteiger partial charge in [0.05, 0.1) is 17.0 Å². The molecule has 1 rings (SSSR count). The lowest BCUT2D eigenvalue weighted by atomic mass is 10.2. The zero-order valence-electron chi connectivity index (χ0n) is 15.3. The summed E-state index contributed by atoms with van der Waals surface area (Å²) in [6.07, 6.45) is 0. The van der Waals surface area contributed by atoms with Crippen LogP contribution >= 0.6 is 24.0 Å². The van der Waals surface area contributed by atoms with Crippen LogP contribution in [0.1, 0.15) is 34.6 Å². The Hall–Kier alpha value is -0.580. The molecule has 0 atom stereocenters. The van der Waals surface area contributed by atoms with Crippen LogP contribution < -0.4 is 10.6 Å². The SMILES string of the molecule is CCNC(=NCCNC(=O)C(C)C)N1CCS(=O)(=O)C(C)(C)C1.I. The summed E-state index contributed by atoms with van der Waals surface area (Å²) in [6.45, 7) is 11.7. The van der Waals surface area contributed by atoms with E-state index in [4.69, 9.17) is 0 Å². The van der Waals surface area contributed by atoms with Gasteiger partial charge in [-0.2, -0.15) is 0 Å². The number of nitrogens with zero attached hydrogens (tertiary/aromatic N) is 2. The molecule has 1 amide bonds. The first-order chi connectivity index (χ1) is 10.6. The van der Waals surface area contributed by atoms with Gasteiger partial charge in [0.2, 0.25) is 5.91 Å². The van der Waals surface area contributed by atoms with Crippen molar-refractivity contribution >= 4 is 45.7 Å². The van der Waals surface area contributed by atoms with E-state index in [2.05, 4.69) is 15.6 Å². The molecule has 1 saturated heterocycles. The molecule has 0 unspecified atom stereocenters. The van der Waals surface area contributed by atoms with Crippen LogP contribution in [0.3, 0.4) is 0 Å². The number of halogens is 1. The van der Waals surface area contributed by atoms with Gasteiger partial charge in [-0.15, -0.1) is 24.0 Å². The van der Waals surface area contributed by atoms with Crippen molar-refractivity contribution in [2.75, 3.05) is 38.5 Å². The Morgan fingerprint density at radius 3 is 2.42 bits per heavy atom. The molecule has 0 bridgehead atoms. The van der Waals surface area contributed by atoms with Crippen molar-refractivity contribution in [1.29, 1.82) is 0 Å². The molecule has 0 aromatic heterocycles. The quantitative estimate of drug-likeness (QED) is 0.267. The van der Waals surface area contributed by atoms with E-state index in [1.165, 1.54) is 0 Å². The molecule has 0 aliphatic carbocycles. The van der Waals surface area contributed by atoms with Gasteiger partial charge in [0, 0.05) is 32.1 Å². The fourth-order valence-corrected chi connectivity index (χ4v) is 3.66. The third kappa shape index (κ3) is 6.38. The molecule has 1 aliphatic heterocycles. The van der Waals surface area contributed by atoms with Gasteiger partial charge in [-0.25, -0.2) is 8.42 Å². The lowest BCUT2D eigenvalue weighted by Crippen LogP contribution is -2.57. The van der Waals surface area contributed by atoms with Crippen molar-refractivity contribution in [3.8, 4) is 0 Å². The molecule has 1 fully saturated rings. The van der Waals surface area contributed by atoms with Gasteiger partial charge in [-0.3, -0.25) is 9.79 Å². The van der Waals surface area contributed by atoms with Crippen molar-refractivity contribution in [3.05, 3.63) is 0 Å². The second kappa shape index (κ2) is 9.79. The number of rotatable bonds is 5. The number of nitrogens with one attached hydrogen (secondary N) is 2. The molecule has 2 N–H and O–H groups in total. The molecular formula is C15H31IN4O3S. The molecule has 0 spiro atoms. The van der Waals surface area contributed by atoms with Crippen LogP contribution in [0, 0.1) is 5.92 Å². The summed E-state index contributed by atoms with van der Waals surface area (Å²) in [4.78, 5) is 18.0. The van der Waals surface area contributed by atoms with E-state index in [1.807, 2.05) is 25.7 Å². The van der Waals surface area contributed by atoms with E-state index in [0.717, 1.165) is 0 Å². The van der Waals surface area contributed by atoms with Gasteiger partial charge >= 0.3 is 0 Å². The number of sulfone groups is 1. The molecule has 1 heterocycles. The molecule has 142 valence electrons. The summed E-state index contributed by atoms with van der Waals surface area (Å²) in [7, 11) is -3.07. The number of guanidine groups is 1. The van der Waals surface area contributed by atoms with Gasteiger partial charge in [0.15, 0.2) is 15.8 Å². The average Bonchev–Trinajstić information content (AvgIpc) is 2.45. The maximum atomic E-state index is 12.1. The van der Waals surface area contributed by atoms with Crippen LogP contribution in [0.4, 0.5) is 0 Å². The largest absolute Gasteiger partial charge is 0.357 e. The lowest BCUT2D eigenvalue weighted by molar-refractivity contribution is -0.123. The van der Waals surface area contributed by atoms with E-state index >= 15 is 0 Å². The maximum absolute atomic E-state index is 12.1. The number of carbonyl (C=O) groups is 1. The highest BCUT2D eigenvalue weighted by atomic mass is 127. The Labute approximate surface area is 163 Å².